The van der Waals surface area contributed by atoms with Crippen molar-refractivity contribution in [1.82, 2.24) is 23.3 Å². The van der Waals surface area contributed by atoms with Crippen molar-refractivity contribution in [3.63, 3.8) is 0 Å². The lowest BCUT2D eigenvalue weighted by Gasteiger charge is -2.30. The smallest absolute Gasteiger partial charge is 0.337 e. The van der Waals surface area contributed by atoms with Crippen LogP contribution in [0.2, 0.25) is 0 Å². The van der Waals surface area contributed by atoms with E-state index >= 15 is 0 Å². The van der Waals surface area contributed by atoms with Crippen LogP contribution < -0.4 is 0 Å². The number of fused-ring (bicyclic) bond motifs is 15. The second-order valence-electron chi connectivity index (χ2n) is 49.9. The molecule has 5 aromatic heterocycles. The van der Waals surface area contributed by atoms with E-state index in [0.29, 0.717) is 11.1 Å². The first-order valence-corrected chi connectivity index (χ1v) is 50.3. The maximum atomic E-state index is 14.0. The highest BCUT2D eigenvalue weighted by atomic mass is 19.2. The molecule has 0 spiro atoms. The van der Waals surface area contributed by atoms with Crippen molar-refractivity contribution in [3.05, 3.63) is 332 Å². The van der Waals surface area contributed by atoms with E-state index in [-0.39, 0.29) is 72.7 Å². The van der Waals surface area contributed by atoms with E-state index in [1.54, 1.807) is 0 Å². The molecule has 19 aromatic rings. The third-order valence-electron chi connectivity index (χ3n) is 29.3. The van der Waals surface area contributed by atoms with Gasteiger partial charge in [-0.2, -0.15) is 10.5 Å². The minimum Gasteiger partial charge on any atom is -0.465 e. The zero-order valence-electron chi connectivity index (χ0n) is 90.3. The largest absolute Gasteiger partial charge is 0.465 e. The molecule has 14 aromatic carbocycles. The molecule has 19 rings (SSSR count). The molecule has 0 unspecified atom stereocenters. The first-order chi connectivity index (χ1) is 67.6. The normalized spacial score (nSPS) is 12.8. The number of hydrogen-bond donors (Lipinski definition) is 1. The Balaban J connectivity index is 0.000000283. The molecule has 146 heavy (non-hydrogen) atoms. The molecule has 0 saturated carbocycles. The van der Waals surface area contributed by atoms with E-state index in [0.717, 1.165) is 146 Å². The highest BCUT2D eigenvalue weighted by molar-refractivity contribution is 6.19. The second kappa shape index (κ2) is 36.7. The first kappa shape index (κ1) is 105. The van der Waals surface area contributed by atoms with Gasteiger partial charge >= 0.3 is 11.9 Å². The molecule has 750 valence electrons. The van der Waals surface area contributed by atoms with Gasteiger partial charge < -0.3 is 32.7 Å². The summed E-state index contributed by atoms with van der Waals surface area (Å²) in [6.45, 7) is 68.7. The summed E-state index contributed by atoms with van der Waals surface area (Å²) < 4.78 is 74.8. The summed E-state index contributed by atoms with van der Waals surface area (Å²) in [5.74, 6) is -8.00. The number of nitriles is 2. The lowest BCUT2D eigenvalue weighted by Crippen LogP contribution is -2.17. The number of hydrogen-bond acceptors (Lipinski definition) is 6. The Bertz CT molecular complexity index is 7930. The maximum Gasteiger partial charge on any atom is 0.337 e. The number of H-pyrrole nitrogens is 1. The van der Waals surface area contributed by atoms with E-state index < -0.39 is 46.3 Å². The Morgan fingerprint density at radius 1 is 0.247 bits per heavy atom. The Kier molecular flexibility index (Phi) is 26.3. The number of carbonyl (C=O) groups excluding carboxylic acids is 2. The third kappa shape index (κ3) is 18.6. The molecule has 0 radical (unpaired) electrons. The van der Waals surface area contributed by atoms with Gasteiger partial charge in [0, 0.05) is 70.5 Å². The SMILES string of the molecule is C.CC(C)(C)c1ccc2[nH]c3ccc(C(C)(C)C)cc3c2c1.COC(=O)c1ccc(-c2c(-n3c4ccc(C(C)(C)C)cc4c4cc(C(C)(C)C)ccc43)c(-n3c4ccc(C(C)(C)C)cc4c4cc(C(C)(C)C)ccc43)c(C#N)c(-n3c4ccc(C(C)(C)C)cc4c4cc(C(C)(C)C)ccc43)c2-n2c3ccc(C(C)(C)C)cc3c3cc(C(C)(C)C)ccc32)cc1.COC(=O)c1ccc(-c2c(F)c(F)c(C#N)c(F)c2F)cc1. The van der Waals surface area contributed by atoms with Crippen molar-refractivity contribution < 1.29 is 36.6 Å². The van der Waals surface area contributed by atoms with Crippen LogP contribution in [0.5, 0.6) is 0 Å². The predicted octanol–water partition coefficient (Wildman–Crippen LogP) is 35.9. The number of rotatable bonds is 8. The molecule has 0 fully saturated rings. The molecule has 0 atom stereocenters. The van der Waals surface area contributed by atoms with Crippen LogP contribution in [0.15, 0.2) is 231 Å². The fourth-order valence-corrected chi connectivity index (χ4v) is 20.3. The molecule has 0 aliphatic rings. The zero-order valence-corrected chi connectivity index (χ0v) is 90.3. The number of nitrogens with zero attached hydrogens (tertiary/aromatic N) is 6. The number of methoxy groups -OCH3 is 2. The van der Waals surface area contributed by atoms with Gasteiger partial charge in [-0.05, 0) is 267 Å². The van der Waals surface area contributed by atoms with Gasteiger partial charge in [-0.1, -0.05) is 300 Å². The van der Waals surface area contributed by atoms with E-state index in [1.165, 1.54) is 96.7 Å². The molecular weight excluding hydrogens is 1810 g/mol. The number of carbonyl (C=O) groups is 2. The number of ether oxygens (including phenoxy) is 2. The maximum absolute atomic E-state index is 14.0. The van der Waals surface area contributed by atoms with Gasteiger partial charge in [0.15, 0.2) is 23.3 Å². The minimum absolute atomic E-state index is 0. The van der Waals surface area contributed by atoms with E-state index in [1.807, 2.05) is 12.1 Å². The van der Waals surface area contributed by atoms with Crippen LogP contribution in [0, 0.1) is 45.9 Å². The van der Waals surface area contributed by atoms with Gasteiger partial charge in [0.2, 0.25) is 0 Å². The van der Waals surface area contributed by atoms with Crippen molar-refractivity contribution in [1.29, 1.82) is 10.5 Å². The van der Waals surface area contributed by atoms with Gasteiger partial charge in [-0.15, -0.1) is 0 Å². The fourth-order valence-electron chi connectivity index (χ4n) is 20.3. The van der Waals surface area contributed by atoms with Crippen molar-refractivity contribution in [2.45, 2.75) is 269 Å². The molecule has 5 heterocycles. The van der Waals surface area contributed by atoms with Crippen LogP contribution in [0.3, 0.4) is 0 Å². The Morgan fingerprint density at radius 3 is 0.623 bits per heavy atom. The minimum atomic E-state index is -1.77. The average Bonchev–Trinajstić information content (AvgIpc) is 1.50. The molecule has 0 amide bonds. The number of aromatic amines is 1. The van der Waals surface area contributed by atoms with E-state index in [4.69, 9.17) is 10.00 Å². The molecule has 15 heteroatoms. The quantitative estimate of drug-likeness (QED) is 0.0914. The zero-order chi connectivity index (χ0) is 105. The second-order valence-corrected chi connectivity index (χ2v) is 49.9. The number of nitrogens with one attached hydrogen (secondary N) is 1. The first-order valence-electron chi connectivity index (χ1n) is 50.3. The summed E-state index contributed by atoms with van der Waals surface area (Å²) in [5, 5.41) is 33.8. The molecule has 0 aliphatic heterocycles. The summed E-state index contributed by atoms with van der Waals surface area (Å²) in [5.41, 5.74) is 25.1. The van der Waals surface area contributed by atoms with E-state index in [9.17, 15) is 32.4 Å². The highest BCUT2D eigenvalue weighted by Gasteiger charge is 2.39. The molecule has 0 bridgehead atoms. The summed E-state index contributed by atoms with van der Waals surface area (Å²) in [4.78, 5) is 28.8. The van der Waals surface area contributed by atoms with Crippen LogP contribution in [-0.4, -0.2) is 49.4 Å². The lowest BCUT2D eigenvalue weighted by atomic mass is 9.85. The van der Waals surface area contributed by atoms with E-state index in [2.05, 4.69) is 436 Å². The van der Waals surface area contributed by atoms with Crippen LogP contribution in [0.25, 0.3) is 154 Å². The Hall–Kier alpha value is -14.3. The molecular formula is C131H139F4N7O4. The topological polar surface area (TPSA) is 136 Å². The Morgan fingerprint density at radius 2 is 0.432 bits per heavy atom. The van der Waals surface area contributed by atoms with Crippen molar-refractivity contribution in [2.24, 2.45) is 0 Å². The number of esters is 2. The van der Waals surface area contributed by atoms with Gasteiger partial charge in [-0.3, -0.25) is 0 Å². The van der Waals surface area contributed by atoms with Crippen LogP contribution in [-0.2, 0) is 63.6 Å². The average molecular weight is 1950 g/mol. The standard InChI is InChI=1S/C95H103N5O2.C20H25N.C15H7F4NO2.CH4/c1-88(2,3)57-30-38-74-65(46-57)66-47-58(89(4,5)6)31-39-75(66)97(74)83-73(54-96)84(98-76-40-32-59(90(7,8)9)48-67(76)68-49-60(91(10,11)12)33-41-77(68)98)86(100-80-44-36-63(94(19,20)21)52-71(80)72-53-64(95(22,23)24)37-45-81(72)100)82(55-26-28-56(29-27-55)87(101)102-25)85(83)99-78-42-34-61(92(13,14)15)50-69(78)70-51-62(93(16,17)18)35-43-79(70)99;1-19(2,3)13-7-9-17-15(11-13)16-12-14(20(4,5)6)8-10-18(16)21-17;1-22-15(21)8-4-2-7(3-5-8)10-13(18)11(16)9(6-20)12(17)14(10)19;/h26-53H,1-25H3;7-12,21H,1-6H3;2-5H,1H3;1H4. The monoisotopic (exact) mass is 1950 g/mol. The van der Waals surface area contributed by atoms with Crippen molar-refractivity contribution >= 4 is 121 Å². The lowest BCUT2D eigenvalue weighted by molar-refractivity contribution is 0.0592. The van der Waals surface area contributed by atoms with Gasteiger partial charge in [0.05, 0.1) is 97.8 Å². The predicted molar refractivity (Wildman–Crippen MR) is 603 cm³/mol. The third-order valence-corrected chi connectivity index (χ3v) is 29.3. The fraction of sp³-hybridized carbons (Fsp3) is 0.328. The van der Waals surface area contributed by atoms with Gasteiger partial charge in [0.25, 0.3) is 0 Å². The highest BCUT2D eigenvalue weighted by Crippen LogP contribution is 2.55. The molecule has 1 N–H and O–H groups in total. The van der Waals surface area contributed by atoms with Crippen molar-refractivity contribution in [3.8, 4) is 57.1 Å². The number of benzene rings is 14. The molecule has 11 nitrogen and oxygen atoms in total. The summed E-state index contributed by atoms with van der Waals surface area (Å²) in [6, 6.07) is 87.1. The van der Waals surface area contributed by atoms with Crippen molar-refractivity contribution in [2.75, 3.05) is 14.2 Å². The summed E-state index contributed by atoms with van der Waals surface area (Å²) >= 11 is 0. The van der Waals surface area contributed by atoms with Crippen LogP contribution >= 0.6 is 0 Å². The number of aromatic nitrogens is 5. The summed E-state index contributed by atoms with van der Waals surface area (Å²) in [6.07, 6.45) is 0. The van der Waals surface area contributed by atoms with Gasteiger partial charge in [0.1, 0.15) is 23.3 Å². The Labute approximate surface area is 858 Å². The van der Waals surface area contributed by atoms with Crippen LogP contribution in [0.4, 0.5) is 17.6 Å². The number of halogens is 4. The van der Waals surface area contributed by atoms with Crippen LogP contribution in [0.1, 0.15) is 303 Å². The summed E-state index contributed by atoms with van der Waals surface area (Å²) in [7, 11) is 2.60. The molecule has 0 saturated heterocycles. The van der Waals surface area contributed by atoms with Gasteiger partial charge in [-0.25, -0.2) is 27.2 Å². The molecule has 0 aliphatic carbocycles.